The standard InChI is InChI=1S/C17H19NO4S/c1-11-7-8-14(23-11)16(21)18-17(2,10-15(19)20)12-5-4-6-13(9-12)22-3/h4-9H,10H2,1-3H3,(H,18,21)(H,19,20). The van der Waals surface area contributed by atoms with Crippen LogP contribution in [-0.2, 0) is 10.3 Å². The van der Waals surface area contributed by atoms with E-state index in [1.165, 1.54) is 11.3 Å². The van der Waals surface area contributed by atoms with Gasteiger partial charge in [0.05, 0.1) is 23.9 Å². The molecule has 122 valence electrons. The van der Waals surface area contributed by atoms with Crippen LogP contribution in [0.4, 0.5) is 0 Å². The van der Waals surface area contributed by atoms with Crippen LogP contribution in [-0.4, -0.2) is 24.1 Å². The Kier molecular flexibility index (Phi) is 5.05. The molecule has 2 aromatic rings. The van der Waals surface area contributed by atoms with Crippen LogP contribution < -0.4 is 10.1 Å². The number of aliphatic carboxylic acids is 1. The second-order valence-corrected chi connectivity index (χ2v) is 6.79. The molecule has 0 aliphatic carbocycles. The molecule has 0 saturated carbocycles. The summed E-state index contributed by atoms with van der Waals surface area (Å²) < 4.78 is 5.19. The minimum atomic E-state index is -1.03. The van der Waals surface area contributed by atoms with Crippen molar-refractivity contribution in [3.05, 3.63) is 51.7 Å². The Labute approximate surface area is 138 Å². The summed E-state index contributed by atoms with van der Waals surface area (Å²) >= 11 is 1.37. The van der Waals surface area contributed by atoms with Gasteiger partial charge in [0.2, 0.25) is 0 Å². The number of carbonyl (C=O) groups excluding carboxylic acids is 1. The molecule has 0 aliphatic rings. The Morgan fingerprint density at radius 1 is 1.30 bits per heavy atom. The number of carboxylic acid groups (broad SMARTS) is 1. The van der Waals surface area contributed by atoms with E-state index in [1.54, 1.807) is 44.4 Å². The summed E-state index contributed by atoms with van der Waals surface area (Å²) in [5, 5.41) is 12.1. The fraction of sp³-hybridized carbons (Fsp3) is 0.294. The molecule has 0 aliphatic heterocycles. The van der Waals surface area contributed by atoms with Crippen molar-refractivity contribution in [2.24, 2.45) is 0 Å². The molecule has 0 radical (unpaired) electrons. The molecule has 6 heteroatoms. The van der Waals surface area contributed by atoms with E-state index >= 15 is 0 Å². The van der Waals surface area contributed by atoms with Gasteiger partial charge in [0.1, 0.15) is 5.75 Å². The minimum absolute atomic E-state index is 0.226. The van der Waals surface area contributed by atoms with Crippen molar-refractivity contribution >= 4 is 23.2 Å². The predicted octanol–water partition coefficient (Wildman–Crippen LogP) is 3.19. The molecule has 1 aromatic carbocycles. The van der Waals surface area contributed by atoms with E-state index in [0.29, 0.717) is 16.2 Å². The summed E-state index contributed by atoms with van der Waals surface area (Å²) in [6.07, 6.45) is -0.226. The number of thiophene rings is 1. The first-order valence-corrected chi connectivity index (χ1v) is 7.91. The number of hydrogen-bond donors (Lipinski definition) is 2. The minimum Gasteiger partial charge on any atom is -0.497 e. The largest absolute Gasteiger partial charge is 0.497 e. The number of ether oxygens (including phenoxy) is 1. The van der Waals surface area contributed by atoms with Gasteiger partial charge in [-0.2, -0.15) is 0 Å². The van der Waals surface area contributed by atoms with Crippen molar-refractivity contribution in [3.8, 4) is 5.75 Å². The fourth-order valence-corrected chi connectivity index (χ4v) is 3.12. The molecule has 2 rings (SSSR count). The van der Waals surface area contributed by atoms with Gasteiger partial charge in [0.25, 0.3) is 5.91 Å². The zero-order valence-electron chi connectivity index (χ0n) is 13.3. The van der Waals surface area contributed by atoms with Crippen LogP contribution in [0.1, 0.15) is 33.5 Å². The number of rotatable bonds is 6. The highest BCUT2D eigenvalue weighted by Gasteiger charge is 2.32. The second kappa shape index (κ2) is 6.83. The zero-order chi connectivity index (χ0) is 17.0. The number of hydrogen-bond acceptors (Lipinski definition) is 4. The molecule has 1 atom stereocenters. The van der Waals surface area contributed by atoms with Gasteiger partial charge >= 0.3 is 5.97 Å². The highest BCUT2D eigenvalue weighted by molar-refractivity contribution is 7.13. The van der Waals surface area contributed by atoms with Crippen LogP contribution in [0, 0.1) is 6.92 Å². The van der Waals surface area contributed by atoms with E-state index in [0.717, 1.165) is 4.88 Å². The maximum Gasteiger partial charge on any atom is 0.306 e. The van der Waals surface area contributed by atoms with E-state index in [-0.39, 0.29) is 12.3 Å². The SMILES string of the molecule is COc1cccc(C(C)(CC(=O)O)NC(=O)c2ccc(C)s2)c1. The highest BCUT2D eigenvalue weighted by Crippen LogP contribution is 2.29. The summed E-state index contributed by atoms with van der Waals surface area (Å²) in [6.45, 7) is 3.62. The highest BCUT2D eigenvalue weighted by atomic mass is 32.1. The summed E-state index contributed by atoms with van der Waals surface area (Å²) in [5.41, 5.74) is -0.351. The zero-order valence-corrected chi connectivity index (χ0v) is 14.1. The molecular formula is C17H19NO4S. The Morgan fingerprint density at radius 3 is 2.61 bits per heavy atom. The topological polar surface area (TPSA) is 75.6 Å². The average molecular weight is 333 g/mol. The molecule has 0 spiro atoms. The van der Waals surface area contributed by atoms with E-state index in [2.05, 4.69) is 5.32 Å². The Bertz CT molecular complexity index is 725. The lowest BCUT2D eigenvalue weighted by molar-refractivity contribution is -0.138. The van der Waals surface area contributed by atoms with E-state index in [1.807, 2.05) is 13.0 Å². The van der Waals surface area contributed by atoms with Crippen molar-refractivity contribution in [2.75, 3.05) is 7.11 Å². The van der Waals surface area contributed by atoms with Gasteiger partial charge in [-0.3, -0.25) is 9.59 Å². The molecular weight excluding hydrogens is 314 g/mol. The Balaban J connectivity index is 2.34. The molecule has 1 amide bonds. The van der Waals surface area contributed by atoms with Gasteiger partial charge in [-0.25, -0.2) is 0 Å². The normalized spacial score (nSPS) is 13.2. The van der Waals surface area contributed by atoms with Crippen molar-refractivity contribution in [2.45, 2.75) is 25.8 Å². The number of amides is 1. The van der Waals surface area contributed by atoms with Crippen molar-refractivity contribution in [1.82, 2.24) is 5.32 Å². The molecule has 1 unspecified atom stereocenters. The number of benzene rings is 1. The molecule has 0 saturated heterocycles. The van der Waals surface area contributed by atoms with Gasteiger partial charge in [0, 0.05) is 4.88 Å². The lowest BCUT2D eigenvalue weighted by Gasteiger charge is -2.30. The van der Waals surface area contributed by atoms with Crippen molar-refractivity contribution in [3.63, 3.8) is 0 Å². The average Bonchev–Trinajstić information content (AvgIpc) is 2.93. The van der Waals surface area contributed by atoms with E-state index in [4.69, 9.17) is 4.74 Å². The van der Waals surface area contributed by atoms with Gasteiger partial charge in [0.15, 0.2) is 0 Å². The monoisotopic (exact) mass is 333 g/mol. The van der Waals surface area contributed by atoms with Crippen LogP contribution in [0.25, 0.3) is 0 Å². The number of carbonyl (C=O) groups is 2. The summed E-state index contributed by atoms with van der Waals surface area (Å²) in [4.78, 5) is 25.3. The van der Waals surface area contributed by atoms with Crippen molar-refractivity contribution in [1.29, 1.82) is 0 Å². The predicted molar refractivity (Wildman–Crippen MR) is 89.1 cm³/mol. The quantitative estimate of drug-likeness (QED) is 0.851. The van der Waals surface area contributed by atoms with Gasteiger partial charge in [-0.15, -0.1) is 11.3 Å². The van der Waals surface area contributed by atoms with Gasteiger partial charge in [-0.05, 0) is 43.7 Å². The first-order chi connectivity index (χ1) is 10.8. The first-order valence-electron chi connectivity index (χ1n) is 7.09. The van der Waals surface area contributed by atoms with Crippen LogP contribution in [0.3, 0.4) is 0 Å². The molecule has 23 heavy (non-hydrogen) atoms. The summed E-state index contributed by atoms with van der Waals surface area (Å²) in [6, 6.07) is 10.7. The third kappa shape index (κ3) is 4.10. The smallest absolute Gasteiger partial charge is 0.306 e. The summed E-state index contributed by atoms with van der Waals surface area (Å²) in [5.74, 6) is -0.659. The van der Waals surface area contributed by atoms with Crippen LogP contribution >= 0.6 is 11.3 Å². The number of carboxylic acids is 1. The molecule has 5 nitrogen and oxygen atoms in total. The van der Waals surface area contributed by atoms with Gasteiger partial charge in [-0.1, -0.05) is 12.1 Å². The van der Waals surface area contributed by atoms with Crippen LogP contribution in [0.2, 0.25) is 0 Å². The molecule has 0 bridgehead atoms. The molecule has 1 aromatic heterocycles. The molecule has 2 N–H and O–H groups in total. The second-order valence-electron chi connectivity index (χ2n) is 5.50. The molecule has 0 fully saturated rings. The fourth-order valence-electron chi connectivity index (χ4n) is 2.36. The summed E-state index contributed by atoms with van der Waals surface area (Å²) in [7, 11) is 1.54. The Hall–Kier alpha value is -2.34. The third-order valence-corrected chi connectivity index (χ3v) is 4.56. The maximum absolute atomic E-state index is 12.5. The Morgan fingerprint density at radius 2 is 2.04 bits per heavy atom. The number of methoxy groups -OCH3 is 1. The number of aryl methyl sites for hydroxylation is 1. The molecule has 1 heterocycles. The first kappa shape index (κ1) is 17.0. The van der Waals surface area contributed by atoms with Crippen LogP contribution in [0.5, 0.6) is 5.75 Å². The maximum atomic E-state index is 12.5. The van der Waals surface area contributed by atoms with Crippen LogP contribution in [0.15, 0.2) is 36.4 Å². The van der Waals surface area contributed by atoms with Gasteiger partial charge < -0.3 is 15.2 Å². The van der Waals surface area contributed by atoms with E-state index < -0.39 is 11.5 Å². The third-order valence-electron chi connectivity index (χ3n) is 3.57. The lowest BCUT2D eigenvalue weighted by atomic mass is 9.88. The van der Waals surface area contributed by atoms with E-state index in [9.17, 15) is 14.7 Å². The van der Waals surface area contributed by atoms with Crippen molar-refractivity contribution < 1.29 is 19.4 Å². The lowest BCUT2D eigenvalue weighted by Crippen LogP contribution is -2.44. The number of nitrogens with one attached hydrogen (secondary N) is 1.